The summed E-state index contributed by atoms with van der Waals surface area (Å²) in [5.41, 5.74) is 2.56. The van der Waals surface area contributed by atoms with Crippen molar-refractivity contribution in [2.24, 2.45) is 0 Å². The first-order chi connectivity index (χ1) is 12.8. The first-order valence-corrected chi connectivity index (χ1v) is 9.75. The summed E-state index contributed by atoms with van der Waals surface area (Å²) >= 11 is 0. The van der Waals surface area contributed by atoms with Gasteiger partial charge in [0.15, 0.2) is 11.5 Å². The molecule has 0 unspecified atom stereocenters. The van der Waals surface area contributed by atoms with Gasteiger partial charge >= 0.3 is 0 Å². The predicted octanol–water partition coefficient (Wildman–Crippen LogP) is 1.30. The molecule has 0 aliphatic carbocycles. The molecular formula is C22H34N2O2+2. The summed E-state index contributed by atoms with van der Waals surface area (Å²) in [6, 6.07) is 16.7. The Bertz CT molecular complexity index is 627. The Morgan fingerprint density at radius 1 is 0.923 bits per heavy atom. The molecule has 0 saturated heterocycles. The second kappa shape index (κ2) is 11.6. The number of likely N-dealkylation sites (N-methyl/N-ethyl adjacent to an activating group) is 1. The Labute approximate surface area is 158 Å². The molecule has 2 rings (SSSR count). The molecule has 142 valence electrons. The summed E-state index contributed by atoms with van der Waals surface area (Å²) in [6.45, 7) is 10.9. The Morgan fingerprint density at radius 2 is 1.69 bits per heavy atom. The van der Waals surface area contributed by atoms with E-state index in [9.17, 15) is 0 Å². The summed E-state index contributed by atoms with van der Waals surface area (Å²) in [6.07, 6.45) is 0.896. The standard InChI is InChI=1S/C22H32N2O2/c1-4-24(5-2)15-14-23-18-20-11-12-21(22(17-20)25-3)26-16-13-19-9-7-6-8-10-19/h6-12,17,23H,4-5,13-16,18H2,1-3H3/p+2. The number of hydrogen-bond acceptors (Lipinski definition) is 2. The fraction of sp³-hybridized carbons (Fsp3) is 0.455. The third-order valence-electron chi connectivity index (χ3n) is 4.80. The second-order valence-electron chi connectivity index (χ2n) is 6.56. The van der Waals surface area contributed by atoms with Crippen LogP contribution in [0.15, 0.2) is 48.5 Å². The molecule has 0 saturated carbocycles. The van der Waals surface area contributed by atoms with Gasteiger partial charge in [0.05, 0.1) is 26.8 Å². The molecule has 4 nitrogen and oxygen atoms in total. The zero-order chi connectivity index (χ0) is 18.6. The highest BCUT2D eigenvalue weighted by atomic mass is 16.5. The van der Waals surface area contributed by atoms with Crippen LogP contribution >= 0.6 is 0 Å². The van der Waals surface area contributed by atoms with E-state index >= 15 is 0 Å². The monoisotopic (exact) mass is 358 g/mol. The molecule has 0 aromatic heterocycles. The number of rotatable bonds is 12. The largest absolute Gasteiger partial charge is 0.493 e. The molecule has 0 aliphatic heterocycles. The highest BCUT2D eigenvalue weighted by Gasteiger charge is 2.08. The zero-order valence-electron chi connectivity index (χ0n) is 16.5. The van der Waals surface area contributed by atoms with Gasteiger partial charge < -0.3 is 19.7 Å². The third kappa shape index (κ3) is 6.70. The lowest BCUT2D eigenvalue weighted by atomic mass is 10.1. The van der Waals surface area contributed by atoms with Crippen molar-refractivity contribution >= 4 is 0 Å². The maximum Gasteiger partial charge on any atom is 0.161 e. The van der Waals surface area contributed by atoms with Crippen molar-refractivity contribution in [1.82, 2.24) is 0 Å². The quantitative estimate of drug-likeness (QED) is 0.562. The maximum absolute atomic E-state index is 5.93. The van der Waals surface area contributed by atoms with Gasteiger partial charge in [0.1, 0.15) is 19.6 Å². The van der Waals surface area contributed by atoms with E-state index < -0.39 is 0 Å². The highest BCUT2D eigenvalue weighted by Crippen LogP contribution is 2.27. The van der Waals surface area contributed by atoms with Crippen molar-refractivity contribution in [3.8, 4) is 11.5 Å². The first kappa shape index (κ1) is 20.3. The number of ether oxygens (including phenoxy) is 2. The number of nitrogens with two attached hydrogens (primary N) is 1. The minimum absolute atomic E-state index is 0.651. The van der Waals surface area contributed by atoms with Gasteiger partial charge in [-0.15, -0.1) is 0 Å². The molecule has 0 fully saturated rings. The molecule has 0 radical (unpaired) electrons. The fourth-order valence-corrected chi connectivity index (χ4v) is 3.06. The molecule has 0 heterocycles. The van der Waals surface area contributed by atoms with E-state index in [1.807, 2.05) is 12.1 Å². The van der Waals surface area contributed by atoms with Crippen LogP contribution in [0.3, 0.4) is 0 Å². The van der Waals surface area contributed by atoms with Gasteiger partial charge in [0, 0.05) is 12.0 Å². The van der Waals surface area contributed by atoms with Gasteiger partial charge in [-0.3, -0.25) is 0 Å². The molecule has 3 N–H and O–H groups in total. The Morgan fingerprint density at radius 3 is 2.38 bits per heavy atom. The Balaban J connectivity index is 1.80. The van der Waals surface area contributed by atoms with E-state index in [2.05, 4.69) is 55.6 Å². The molecule has 0 spiro atoms. The Hall–Kier alpha value is -2.04. The van der Waals surface area contributed by atoms with Gasteiger partial charge in [-0.2, -0.15) is 0 Å². The smallest absolute Gasteiger partial charge is 0.161 e. The van der Waals surface area contributed by atoms with Crippen LogP contribution in [0.5, 0.6) is 11.5 Å². The SMILES string of the molecule is CC[NH+](CC)CC[NH2+]Cc1ccc(OCCc2ccccc2)c(OC)c1. The minimum atomic E-state index is 0.651. The molecule has 0 amide bonds. The molecule has 0 atom stereocenters. The lowest BCUT2D eigenvalue weighted by molar-refractivity contribution is -0.910. The van der Waals surface area contributed by atoms with Gasteiger partial charge in [-0.1, -0.05) is 30.3 Å². The van der Waals surface area contributed by atoms with Gasteiger partial charge in [-0.25, -0.2) is 0 Å². The average molecular weight is 359 g/mol. The van der Waals surface area contributed by atoms with Crippen LogP contribution in [-0.4, -0.2) is 39.9 Å². The van der Waals surface area contributed by atoms with Gasteiger partial charge in [0.2, 0.25) is 0 Å². The van der Waals surface area contributed by atoms with Crippen LogP contribution in [0.2, 0.25) is 0 Å². The summed E-state index contributed by atoms with van der Waals surface area (Å²) in [7, 11) is 1.70. The third-order valence-corrected chi connectivity index (χ3v) is 4.80. The summed E-state index contributed by atoms with van der Waals surface area (Å²) in [5.74, 6) is 1.64. The first-order valence-electron chi connectivity index (χ1n) is 9.75. The van der Waals surface area contributed by atoms with Crippen LogP contribution in [-0.2, 0) is 13.0 Å². The minimum Gasteiger partial charge on any atom is -0.493 e. The molecule has 0 aliphatic rings. The van der Waals surface area contributed by atoms with Gasteiger partial charge in [0.25, 0.3) is 0 Å². The van der Waals surface area contributed by atoms with E-state index in [0.717, 1.165) is 31.0 Å². The van der Waals surface area contributed by atoms with Crippen molar-refractivity contribution in [1.29, 1.82) is 0 Å². The summed E-state index contributed by atoms with van der Waals surface area (Å²) in [5, 5.41) is 2.37. The number of hydrogen-bond donors (Lipinski definition) is 2. The van der Waals surface area contributed by atoms with E-state index in [4.69, 9.17) is 9.47 Å². The highest BCUT2D eigenvalue weighted by molar-refractivity contribution is 5.42. The Kier molecular flexibility index (Phi) is 9.01. The van der Waals surface area contributed by atoms with E-state index in [-0.39, 0.29) is 0 Å². The number of benzene rings is 2. The van der Waals surface area contributed by atoms with Crippen LogP contribution in [0.25, 0.3) is 0 Å². The van der Waals surface area contributed by atoms with E-state index in [1.165, 1.54) is 30.8 Å². The summed E-state index contributed by atoms with van der Waals surface area (Å²) < 4.78 is 11.5. The average Bonchev–Trinajstić information content (AvgIpc) is 2.69. The topological polar surface area (TPSA) is 39.5 Å². The number of nitrogens with one attached hydrogen (secondary N) is 1. The molecule has 4 heteroatoms. The van der Waals surface area contributed by atoms with Crippen molar-refractivity contribution in [3.05, 3.63) is 59.7 Å². The van der Waals surface area contributed by atoms with E-state index in [0.29, 0.717) is 6.61 Å². The maximum atomic E-state index is 5.93. The lowest BCUT2D eigenvalue weighted by Crippen LogP contribution is -3.14. The van der Waals surface area contributed by atoms with Crippen LogP contribution in [0.1, 0.15) is 25.0 Å². The van der Waals surface area contributed by atoms with Crippen molar-refractivity contribution in [3.63, 3.8) is 0 Å². The number of quaternary nitrogens is 2. The van der Waals surface area contributed by atoms with Crippen LogP contribution in [0, 0.1) is 0 Å². The fourth-order valence-electron chi connectivity index (χ4n) is 3.06. The predicted molar refractivity (Wildman–Crippen MR) is 106 cm³/mol. The van der Waals surface area contributed by atoms with Crippen molar-refractivity contribution in [2.45, 2.75) is 26.8 Å². The van der Waals surface area contributed by atoms with Crippen LogP contribution < -0.4 is 19.7 Å². The van der Waals surface area contributed by atoms with Crippen molar-refractivity contribution in [2.75, 3.05) is 39.9 Å². The lowest BCUT2D eigenvalue weighted by Gasteiger charge is -2.14. The second-order valence-corrected chi connectivity index (χ2v) is 6.56. The summed E-state index contributed by atoms with van der Waals surface area (Å²) in [4.78, 5) is 1.65. The normalized spacial score (nSPS) is 10.9. The van der Waals surface area contributed by atoms with Crippen LogP contribution in [0.4, 0.5) is 0 Å². The van der Waals surface area contributed by atoms with Gasteiger partial charge in [-0.05, 0) is 37.6 Å². The zero-order valence-corrected chi connectivity index (χ0v) is 16.5. The van der Waals surface area contributed by atoms with E-state index in [1.54, 1.807) is 12.0 Å². The molecule has 0 bridgehead atoms. The molecular weight excluding hydrogens is 324 g/mol. The van der Waals surface area contributed by atoms with Crippen molar-refractivity contribution < 1.29 is 19.7 Å². The molecule has 2 aromatic rings. The molecule has 26 heavy (non-hydrogen) atoms. The molecule has 2 aromatic carbocycles. The number of methoxy groups -OCH3 is 1.